The van der Waals surface area contributed by atoms with Crippen LogP contribution in [0.5, 0.6) is 0 Å². The molecule has 0 spiro atoms. The van der Waals surface area contributed by atoms with E-state index in [2.05, 4.69) is 31.4 Å². The predicted octanol–water partition coefficient (Wildman–Crippen LogP) is 2.17. The molecule has 2 unspecified atom stereocenters. The van der Waals surface area contributed by atoms with Crippen molar-refractivity contribution in [3.8, 4) is 0 Å². The summed E-state index contributed by atoms with van der Waals surface area (Å²) in [5.41, 5.74) is -0.156. The number of amides is 1. The number of nitrogens with one attached hydrogen (secondary N) is 2. The minimum Gasteiger partial charge on any atom is -0.350 e. The summed E-state index contributed by atoms with van der Waals surface area (Å²) in [5, 5.41) is 6.24. The highest BCUT2D eigenvalue weighted by Crippen LogP contribution is 2.08. The van der Waals surface area contributed by atoms with Crippen LogP contribution in [0.3, 0.4) is 0 Å². The van der Waals surface area contributed by atoms with E-state index >= 15 is 0 Å². The second-order valence-electron chi connectivity index (χ2n) is 6.09. The molecule has 0 aromatic rings. The third-order valence-electron chi connectivity index (χ3n) is 2.78. The van der Waals surface area contributed by atoms with Gasteiger partial charge in [-0.3, -0.25) is 4.79 Å². The fourth-order valence-corrected chi connectivity index (χ4v) is 1.17. The highest BCUT2D eigenvalue weighted by atomic mass is 16.2. The topological polar surface area (TPSA) is 41.1 Å². The van der Waals surface area contributed by atoms with Crippen LogP contribution in [-0.2, 0) is 4.79 Å². The molecule has 0 saturated heterocycles. The summed E-state index contributed by atoms with van der Waals surface area (Å²) in [6.45, 7) is 15.4. The van der Waals surface area contributed by atoms with E-state index < -0.39 is 0 Å². The Balaban J connectivity index is 3.98. The lowest BCUT2D eigenvalue weighted by Crippen LogP contribution is -2.50. The van der Waals surface area contributed by atoms with Gasteiger partial charge < -0.3 is 10.6 Å². The Kier molecular flexibility index (Phi) is 6.01. The molecule has 0 bridgehead atoms. The van der Waals surface area contributed by atoms with Gasteiger partial charge in [0.25, 0.3) is 0 Å². The number of carbonyl (C=O) groups is 1. The highest BCUT2D eigenvalue weighted by molar-refractivity contribution is 5.81. The third kappa shape index (κ3) is 6.83. The average molecular weight is 228 g/mol. The average Bonchev–Trinajstić information content (AvgIpc) is 2.10. The van der Waals surface area contributed by atoms with Crippen molar-refractivity contribution in [1.82, 2.24) is 10.6 Å². The summed E-state index contributed by atoms with van der Waals surface area (Å²) < 4.78 is 0. The minimum absolute atomic E-state index is 0.0726. The lowest BCUT2D eigenvalue weighted by molar-refractivity contribution is -0.124. The second-order valence-corrected chi connectivity index (χ2v) is 6.09. The predicted molar refractivity (Wildman–Crippen MR) is 69.4 cm³/mol. The molecular formula is C13H28N2O. The fraction of sp³-hybridized carbons (Fsp3) is 0.923. The lowest BCUT2D eigenvalue weighted by atomic mass is 9.98. The molecule has 0 rings (SSSR count). The SMILES string of the molecule is CC(NCC(C)C(C)C)C(=O)NC(C)(C)C. The Hall–Kier alpha value is -0.570. The van der Waals surface area contributed by atoms with Crippen molar-refractivity contribution in [2.75, 3.05) is 6.54 Å². The Bertz CT molecular complexity index is 218. The maximum absolute atomic E-state index is 11.8. The molecule has 0 saturated carbocycles. The minimum atomic E-state index is -0.156. The van der Waals surface area contributed by atoms with E-state index in [1.54, 1.807) is 0 Å². The lowest BCUT2D eigenvalue weighted by Gasteiger charge is -2.25. The summed E-state index contributed by atoms with van der Waals surface area (Å²) in [6.07, 6.45) is 0. The van der Waals surface area contributed by atoms with Crippen molar-refractivity contribution in [1.29, 1.82) is 0 Å². The number of carbonyl (C=O) groups excluding carboxylic acids is 1. The molecular weight excluding hydrogens is 200 g/mol. The van der Waals surface area contributed by atoms with E-state index in [0.717, 1.165) is 6.54 Å². The van der Waals surface area contributed by atoms with E-state index in [9.17, 15) is 4.79 Å². The first-order valence-corrected chi connectivity index (χ1v) is 6.19. The number of rotatable bonds is 5. The van der Waals surface area contributed by atoms with E-state index in [0.29, 0.717) is 11.8 Å². The molecule has 96 valence electrons. The summed E-state index contributed by atoms with van der Waals surface area (Å²) in [4.78, 5) is 11.8. The van der Waals surface area contributed by atoms with Crippen molar-refractivity contribution in [3.05, 3.63) is 0 Å². The molecule has 0 aromatic carbocycles. The standard InChI is InChI=1S/C13H28N2O/c1-9(2)10(3)8-14-11(4)12(16)15-13(5,6)7/h9-11,14H,8H2,1-7H3,(H,15,16). The van der Waals surface area contributed by atoms with Gasteiger partial charge in [-0.15, -0.1) is 0 Å². The molecule has 16 heavy (non-hydrogen) atoms. The normalized spacial score (nSPS) is 16.0. The first-order chi connectivity index (χ1) is 7.13. The summed E-state index contributed by atoms with van der Waals surface area (Å²) >= 11 is 0. The molecule has 2 atom stereocenters. The zero-order valence-corrected chi connectivity index (χ0v) is 11.8. The van der Waals surface area contributed by atoms with Gasteiger partial charge in [0.05, 0.1) is 6.04 Å². The first-order valence-electron chi connectivity index (χ1n) is 6.19. The molecule has 0 radical (unpaired) electrons. The monoisotopic (exact) mass is 228 g/mol. The van der Waals surface area contributed by atoms with Crippen LogP contribution in [0.25, 0.3) is 0 Å². The molecule has 3 heteroatoms. The van der Waals surface area contributed by atoms with Gasteiger partial charge in [-0.25, -0.2) is 0 Å². The van der Waals surface area contributed by atoms with Gasteiger partial charge >= 0.3 is 0 Å². The van der Waals surface area contributed by atoms with Crippen LogP contribution in [0.1, 0.15) is 48.5 Å². The van der Waals surface area contributed by atoms with Crippen LogP contribution in [0.15, 0.2) is 0 Å². The molecule has 0 heterocycles. The Morgan fingerprint density at radius 3 is 2.00 bits per heavy atom. The van der Waals surface area contributed by atoms with Crippen LogP contribution in [-0.4, -0.2) is 24.0 Å². The van der Waals surface area contributed by atoms with Crippen LogP contribution in [0, 0.1) is 11.8 Å². The van der Waals surface area contributed by atoms with Gasteiger partial charge in [-0.2, -0.15) is 0 Å². The molecule has 3 nitrogen and oxygen atoms in total. The first kappa shape index (κ1) is 15.4. The Morgan fingerprint density at radius 1 is 1.12 bits per heavy atom. The van der Waals surface area contributed by atoms with E-state index in [1.165, 1.54) is 0 Å². The maximum Gasteiger partial charge on any atom is 0.237 e. The van der Waals surface area contributed by atoms with E-state index in [1.807, 2.05) is 27.7 Å². The van der Waals surface area contributed by atoms with Crippen molar-refractivity contribution >= 4 is 5.91 Å². The molecule has 1 amide bonds. The van der Waals surface area contributed by atoms with Crippen LogP contribution in [0.2, 0.25) is 0 Å². The van der Waals surface area contributed by atoms with Crippen LogP contribution in [0.4, 0.5) is 0 Å². The van der Waals surface area contributed by atoms with Crippen molar-refractivity contribution < 1.29 is 4.79 Å². The van der Waals surface area contributed by atoms with E-state index in [4.69, 9.17) is 0 Å². The zero-order valence-electron chi connectivity index (χ0n) is 11.8. The molecule has 2 N–H and O–H groups in total. The molecule has 0 aromatic heterocycles. The summed E-state index contributed by atoms with van der Waals surface area (Å²) in [7, 11) is 0. The largest absolute Gasteiger partial charge is 0.350 e. The third-order valence-corrected chi connectivity index (χ3v) is 2.78. The molecule has 0 aliphatic rings. The van der Waals surface area contributed by atoms with Crippen molar-refractivity contribution in [3.63, 3.8) is 0 Å². The van der Waals surface area contributed by atoms with Gasteiger partial charge in [-0.05, 0) is 46.1 Å². The van der Waals surface area contributed by atoms with Gasteiger partial charge in [-0.1, -0.05) is 20.8 Å². The van der Waals surface area contributed by atoms with Crippen molar-refractivity contribution in [2.45, 2.75) is 60.0 Å². The quantitative estimate of drug-likeness (QED) is 0.757. The van der Waals surface area contributed by atoms with Gasteiger partial charge in [0.15, 0.2) is 0 Å². The molecule has 0 fully saturated rings. The Labute approximate surface area is 100 Å². The maximum atomic E-state index is 11.8. The van der Waals surface area contributed by atoms with E-state index in [-0.39, 0.29) is 17.5 Å². The smallest absolute Gasteiger partial charge is 0.237 e. The molecule has 0 aliphatic heterocycles. The Morgan fingerprint density at radius 2 is 1.62 bits per heavy atom. The van der Waals surface area contributed by atoms with Gasteiger partial charge in [0, 0.05) is 5.54 Å². The van der Waals surface area contributed by atoms with Crippen LogP contribution < -0.4 is 10.6 Å². The number of hydrogen-bond donors (Lipinski definition) is 2. The summed E-state index contributed by atoms with van der Waals surface area (Å²) in [5.74, 6) is 1.30. The summed E-state index contributed by atoms with van der Waals surface area (Å²) in [6, 6.07) is -0.125. The van der Waals surface area contributed by atoms with Crippen LogP contribution >= 0.6 is 0 Å². The zero-order chi connectivity index (χ0) is 12.9. The highest BCUT2D eigenvalue weighted by Gasteiger charge is 2.19. The van der Waals surface area contributed by atoms with Crippen molar-refractivity contribution in [2.24, 2.45) is 11.8 Å². The fourth-order valence-electron chi connectivity index (χ4n) is 1.17. The number of hydrogen-bond acceptors (Lipinski definition) is 2. The second kappa shape index (κ2) is 6.24. The molecule has 0 aliphatic carbocycles. The van der Waals surface area contributed by atoms with Gasteiger partial charge in [0.1, 0.15) is 0 Å². The van der Waals surface area contributed by atoms with Gasteiger partial charge in [0.2, 0.25) is 5.91 Å².